The molecule has 5 heteroatoms. The molecule has 0 radical (unpaired) electrons. The summed E-state index contributed by atoms with van der Waals surface area (Å²) >= 11 is 1.42. The molecule has 0 aromatic heterocycles. The van der Waals surface area contributed by atoms with E-state index in [0.717, 1.165) is 4.90 Å². The Bertz CT molecular complexity index is 641. The maximum Gasteiger partial charge on any atom is 0.325 e. The smallest absolute Gasteiger partial charge is 0.308 e. The van der Waals surface area contributed by atoms with E-state index in [1.807, 2.05) is 49.4 Å². The highest BCUT2D eigenvalue weighted by molar-refractivity contribution is 8.00. The molecule has 4 nitrogen and oxygen atoms in total. The highest BCUT2D eigenvalue weighted by Gasteiger charge is 2.17. The largest absolute Gasteiger partial charge is 0.325 e. The number of aryl methyl sites for hydroxylation is 1. The number of carbonyl (C=O) groups excluding carboxylic acids is 2. The number of amides is 3. The van der Waals surface area contributed by atoms with E-state index in [1.54, 1.807) is 19.1 Å². The third kappa shape index (κ3) is 4.93. The minimum atomic E-state index is -0.521. The van der Waals surface area contributed by atoms with Gasteiger partial charge in [0, 0.05) is 10.6 Å². The van der Waals surface area contributed by atoms with Crippen molar-refractivity contribution in [2.75, 3.05) is 5.32 Å². The lowest BCUT2D eigenvalue weighted by molar-refractivity contribution is -0.119. The SMILES string of the molecule is Cc1ccc(SC(C)C(=O)NC(=O)Nc2ccccc2)cc1. The van der Waals surface area contributed by atoms with Crippen molar-refractivity contribution in [1.82, 2.24) is 5.32 Å². The van der Waals surface area contributed by atoms with Gasteiger partial charge in [-0.3, -0.25) is 10.1 Å². The van der Waals surface area contributed by atoms with Crippen molar-refractivity contribution in [1.29, 1.82) is 0 Å². The Morgan fingerprint density at radius 3 is 2.27 bits per heavy atom. The van der Waals surface area contributed by atoms with Crippen molar-refractivity contribution in [3.05, 3.63) is 60.2 Å². The number of hydrogen-bond donors (Lipinski definition) is 2. The molecule has 0 saturated carbocycles. The summed E-state index contributed by atoms with van der Waals surface area (Å²) in [7, 11) is 0. The van der Waals surface area contributed by atoms with Crippen LogP contribution in [0.15, 0.2) is 59.5 Å². The minimum Gasteiger partial charge on any atom is -0.308 e. The zero-order valence-electron chi connectivity index (χ0n) is 12.5. The van der Waals surface area contributed by atoms with Gasteiger partial charge in [0.1, 0.15) is 0 Å². The highest BCUT2D eigenvalue weighted by atomic mass is 32.2. The topological polar surface area (TPSA) is 58.2 Å². The zero-order chi connectivity index (χ0) is 15.9. The molecule has 3 amide bonds. The lowest BCUT2D eigenvalue weighted by atomic mass is 10.2. The van der Waals surface area contributed by atoms with Crippen LogP contribution in [0.3, 0.4) is 0 Å². The molecule has 1 atom stereocenters. The van der Waals surface area contributed by atoms with E-state index in [0.29, 0.717) is 5.69 Å². The van der Waals surface area contributed by atoms with Gasteiger partial charge in [-0.2, -0.15) is 0 Å². The normalized spacial score (nSPS) is 11.5. The van der Waals surface area contributed by atoms with Crippen LogP contribution in [0.1, 0.15) is 12.5 Å². The molecule has 2 rings (SSSR count). The molecular formula is C17H18N2O2S. The second-order valence-corrected chi connectivity index (χ2v) is 6.30. The maximum atomic E-state index is 12.0. The molecule has 1 unspecified atom stereocenters. The van der Waals surface area contributed by atoms with E-state index in [1.165, 1.54) is 17.3 Å². The lowest BCUT2D eigenvalue weighted by Crippen LogP contribution is -2.38. The van der Waals surface area contributed by atoms with E-state index in [-0.39, 0.29) is 11.2 Å². The number of rotatable bonds is 4. The van der Waals surface area contributed by atoms with Crippen molar-refractivity contribution >= 4 is 29.4 Å². The van der Waals surface area contributed by atoms with E-state index < -0.39 is 6.03 Å². The molecule has 0 aliphatic heterocycles. The van der Waals surface area contributed by atoms with Crippen molar-refractivity contribution in [3.8, 4) is 0 Å². The Morgan fingerprint density at radius 1 is 1.00 bits per heavy atom. The number of benzene rings is 2. The Morgan fingerprint density at radius 2 is 1.64 bits per heavy atom. The van der Waals surface area contributed by atoms with Gasteiger partial charge in [-0.15, -0.1) is 11.8 Å². The first-order valence-corrected chi connectivity index (χ1v) is 7.83. The average Bonchev–Trinajstić information content (AvgIpc) is 2.50. The van der Waals surface area contributed by atoms with Gasteiger partial charge in [0.25, 0.3) is 0 Å². The van der Waals surface area contributed by atoms with Gasteiger partial charge in [0.2, 0.25) is 5.91 Å². The van der Waals surface area contributed by atoms with Crippen LogP contribution in [0.5, 0.6) is 0 Å². The molecule has 0 aliphatic rings. The first-order valence-electron chi connectivity index (χ1n) is 6.95. The number of anilines is 1. The molecule has 0 aliphatic carbocycles. The number of nitrogens with one attached hydrogen (secondary N) is 2. The van der Waals surface area contributed by atoms with Crippen LogP contribution in [0.4, 0.5) is 10.5 Å². The Labute approximate surface area is 134 Å². The quantitative estimate of drug-likeness (QED) is 0.843. The lowest BCUT2D eigenvalue weighted by Gasteiger charge is -2.12. The van der Waals surface area contributed by atoms with Crippen LogP contribution in [0.25, 0.3) is 0 Å². The van der Waals surface area contributed by atoms with E-state index in [9.17, 15) is 9.59 Å². The van der Waals surface area contributed by atoms with Crippen LogP contribution in [-0.2, 0) is 4.79 Å². The first kappa shape index (κ1) is 16.1. The number of urea groups is 1. The fourth-order valence-corrected chi connectivity index (χ4v) is 2.64. The molecule has 22 heavy (non-hydrogen) atoms. The summed E-state index contributed by atoms with van der Waals surface area (Å²) in [6.45, 7) is 3.79. The van der Waals surface area contributed by atoms with Gasteiger partial charge >= 0.3 is 6.03 Å². The minimum absolute atomic E-state index is 0.320. The van der Waals surface area contributed by atoms with E-state index in [2.05, 4.69) is 10.6 Å². The molecule has 0 heterocycles. The number of thioether (sulfide) groups is 1. The molecule has 0 bridgehead atoms. The predicted molar refractivity (Wildman–Crippen MR) is 90.1 cm³/mol. The molecule has 2 aromatic rings. The van der Waals surface area contributed by atoms with Crippen LogP contribution in [0, 0.1) is 6.92 Å². The summed E-state index contributed by atoms with van der Waals surface area (Å²) in [5.41, 5.74) is 1.82. The highest BCUT2D eigenvalue weighted by Crippen LogP contribution is 2.23. The number of para-hydroxylation sites is 1. The maximum absolute atomic E-state index is 12.0. The molecule has 114 valence electrons. The van der Waals surface area contributed by atoms with Crippen molar-refractivity contribution in [2.45, 2.75) is 24.0 Å². The number of imide groups is 1. The van der Waals surface area contributed by atoms with Crippen LogP contribution < -0.4 is 10.6 Å². The van der Waals surface area contributed by atoms with E-state index >= 15 is 0 Å². The first-order chi connectivity index (χ1) is 10.5. The van der Waals surface area contributed by atoms with Crippen LogP contribution in [-0.4, -0.2) is 17.2 Å². The number of hydrogen-bond acceptors (Lipinski definition) is 3. The van der Waals surface area contributed by atoms with E-state index in [4.69, 9.17) is 0 Å². The third-order valence-electron chi connectivity index (χ3n) is 2.97. The predicted octanol–water partition coefficient (Wildman–Crippen LogP) is 3.82. The summed E-state index contributed by atoms with van der Waals surface area (Å²) in [5, 5.41) is 4.61. The van der Waals surface area contributed by atoms with Crippen molar-refractivity contribution in [2.24, 2.45) is 0 Å². The second kappa shape index (κ2) is 7.66. The molecule has 2 aromatic carbocycles. The molecular weight excluding hydrogens is 296 g/mol. The summed E-state index contributed by atoms with van der Waals surface area (Å²) in [6, 6.07) is 16.4. The van der Waals surface area contributed by atoms with Gasteiger partial charge in [-0.25, -0.2) is 4.79 Å². The van der Waals surface area contributed by atoms with Gasteiger partial charge < -0.3 is 5.32 Å². The van der Waals surface area contributed by atoms with Gasteiger partial charge in [0.05, 0.1) is 5.25 Å². The van der Waals surface area contributed by atoms with Gasteiger partial charge in [-0.05, 0) is 38.1 Å². The Kier molecular flexibility index (Phi) is 5.61. The standard InChI is InChI=1S/C17H18N2O2S/c1-12-8-10-15(11-9-12)22-13(2)16(20)19-17(21)18-14-6-4-3-5-7-14/h3-11,13H,1-2H3,(H2,18,19,20,21). The fraction of sp³-hybridized carbons (Fsp3) is 0.176. The molecule has 0 spiro atoms. The van der Waals surface area contributed by atoms with Crippen molar-refractivity contribution in [3.63, 3.8) is 0 Å². The monoisotopic (exact) mass is 314 g/mol. The number of carbonyl (C=O) groups is 2. The molecule has 0 fully saturated rings. The summed E-state index contributed by atoms with van der Waals surface area (Å²) in [5.74, 6) is -0.320. The van der Waals surface area contributed by atoms with Crippen LogP contribution >= 0.6 is 11.8 Å². The Hall–Kier alpha value is -2.27. The van der Waals surface area contributed by atoms with Crippen molar-refractivity contribution < 1.29 is 9.59 Å². The molecule has 0 saturated heterocycles. The average molecular weight is 314 g/mol. The fourth-order valence-electron chi connectivity index (χ4n) is 1.77. The second-order valence-electron chi connectivity index (χ2n) is 4.88. The van der Waals surface area contributed by atoms with Gasteiger partial charge in [0.15, 0.2) is 0 Å². The summed E-state index contributed by atoms with van der Waals surface area (Å²) < 4.78 is 0. The zero-order valence-corrected chi connectivity index (χ0v) is 13.3. The summed E-state index contributed by atoms with van der Waals surface area (Å²) in [4.78, 5) is 24.8. The Balaban J connectivity index is 1.85. The third-order valence-corrected chi connectivity index (χ3v) is 4.08. The van der Waals surface area contributed by atoms with Crippen LogP contribution in [0.2, 0.25) is 0 Å². The molecule has 2 N–H and O–H groups in total. The summed E-state index contributed by atoms with van der Waals surface area (Å²) in [6.07, 6.45) is 0. The van der Waals surface area contributed by atoms with Gasteiger partial charge in [-0.1, -0.05) is 35.9 Å².